The van der Waals surface area contributed by atoms with E-state index >= 15 is 0 Å². The molecule has 0 saturated heterocycles. The van der Waals surface area contributed by atoms with Crippen LogP contribution in [0.15, 0.2) is 0 Å². The largest absolute Gasteiger partial charge is 0.330 e. The highest BCUT2D eigenvalue weighted by Crippen LogP contribution is 2.38. The summed E-state index contributed by atoms with van der Waals surface area (Å²) in [6, 6.07) is 0. The summed E-state index contributed by atoms with van der Waals surface area (Å²) in [5.41, 5.74) is 9.92. The fraction of sp³-hybridized carbons (Fsp3) is 0.750. The van der Waals surface area contributed by atoms with Crippen LogP contribution in [0, 0.1) is 12.8 Å². The third-order valence-electron chi connectivity index (χ3n) is 3.75. The van der Waals surface area contributed by atoms with Gasteiger partial charge < -0.3 is 5.73 Å². The number of hydrogen-bond donors (Lipinski definition) is 1. The summed E-state index contributed by atoms with van der Waals surface area (Å²) in [5, 5.41) is 4.54. The van der Waals surface area contributed by atoms with Crippen molar-refractivity contribution in [1.82, 2.24) is 9.78 Å². The predicted molar refractivity (Wildman–Crippen MR) is 61.8 cm³/mol. The molecule has 0 aliphatic heterocycles. The van der Waals surface area contributed by atoms with Crippen LogP contribution in [0.5, 0.6) is 0 Å². The van der Waals surface area contributed by atoms with Crippen LogP contribution in [0.4, 0.5) is 0 Å². The highest BCUT2D eigenvalue weighted by Gasteiger charge is 2.29. The Hall–Kier alpha value is -0.830. The highest BCUT2D eigenvalue weighted by molar-refractivity contribution is 5.32. The molecule has 3 heteroatoms. The van der Waals surface area contributed by atoms with Crippen LogP contribution < -0.4 is 5.73 Å². The van der Waals surface area contributed by atoms with E-state index in [9.17, 15) is 0 Å². The Kier molecular flexibility index (Phi) is 2.83. The normalized spacial score (nSPS) is 22.5. The molecular formula is C12H21N3. The summed E-state index contributed by atoms with van der Waals surface area (Å²) in [7, 11) is 2.06. The lowest BCUT2D eigenvalue weighted by atomic mass is 9.78. The topological polar surface area (TPSA) is 43.8 Å². The van der Waals surface area contributed by atoms with Gasteiger partial charge in [0.05, 0.1) is 5.69 Å². The van der Waals surface area contributed by atoms with Gasteiger partial charge in [-0.15, -0.1) is 0 Å². The van der Waals surface area contributed by atoms with E-state index in [1.807, 2.05) is 0 Å². The van der Waals surface area contributed by atoms with E-state index in [0.29, 0.717) is 11.8 Å². The van der Waals surface area contributed by atoms with Gasteiger partial charge in [-0.2, -0.15) is 5.10 Å². The van der Waals surface area contributed by atoms with E-state index in [4.69, 9.17) is 5.73 Å². The SMILES string of the molecule is Cc1nn(C)c2c1C(C(C)CN)CCC2. The van der Waals surface area contributed by atoms with Crippen LogP contribution in [-0.4, -0.2) is 16.3 Å². The first-order chi connectivity index (χ1) is 7.15. The first kappa shape index (κ1) is 10.7. The zero-order valence-corrected chi connectivity index (χ0v) is 9.95. The van der Waals surface area contributed by atoms with Crippen molar-refractivity contribution < 1.29 is 0 Å². The Morgan fingerprint density at radius 2 is 2.33 bits per heavy atom. The molecule has 2 atom stereocenters. The number of rotatable bonds is 2. The van der Waals surface area contributed by atoms with Gasteiger partial charge in [0.15, 0.2) is 0 Å². The summed E-state index contributed by atoms with van der Waals surface area (Å²) in [6.07, 6.45) is 3.74. The summed E-state index contributed by atoms with van der Waals surface area (Å²) < 4.78 is 2.06. The summed E-state index contributed by atoms with van der Waals surface area (Å²) in [5.74, 6) is 1.21. The molecule has 84 valence electrons. The molecule has 15 heavy (non-hydrogen) atoms. The second-order valence-corrected chi connectivity index (χ2v) is 4.78. The summed E-state index contributed by atoms with van der Waals surface area (Å²) >= 11 is 0. The monoisotopic (exact) mass is 207 g/mol. The Bertz CT molecular complexity index is 354. The van der Waals surface area contributed by atoms with Crippen molar-refractivity contribution in [2.24, 2.45) is 18.7 Å². The number of nitrogens with two attached hydrogens (primary N) is 1. The minimum absolute atomic E-state index is 0.576. The maximum Gasteiger partial charge on any atom is 0.0631 e. The minimum atomic E-state index is 0.576. The molecule has 0 bridgehead atoms. The van der Waals surface area contributed by atoms with Gasteiger partial charge in [0, 0.05) is 12.7 Å². The molecule has 0 fully saturated rings. The van der Waals surface area contributed by atoms with E-state index in [0.717, 1.165) is 6.54 Å². The van der Waals surface area contributed by atoms with Crippen LogP contribution in [0.2, 0.25) is 0 Å². The Labute approximate surface area is 91.7 Å². The molecule has 0 spiro atoms. The van der Waals surface area contributed by atoms with Gasteiger partial charge in [-0.3, -0.25) is 4.68 Å². The van der Waals surface area contributed by atoms with Crippen molar-refractivity contribution in [3.05, 3.63) is 17.0 Å². The number of aromatic nitrogens is 2. The number of hydrogen-bond acceptors (Lipinski definition) is 2. The molecule has 2 unspecified atom stereocenters. The Morgan fingerprint density at radius 1 is 1.60 bits per heavy atom. The molecule has 0 amide bonds. The minimum Gasteiger partial charge on any atom is -0.330 e. The second-order valence-electron chi connectivity index (χ2n) is 4.78. The smallest absolute Gasteiger partial charge is 0.0631 e. The number of fused-ring (bicyclic) bond motifs is 1. The second kappa shape index (κ2) is 3.97. The summed E-state index contributed by atoms with van der Waals surface area (Å²) in [4.78, 5) is 0. The third kappa shape index (κ3) is 1.69. The molecule has 0 aromatic carbocycles. The molecule has 1 aliphatic carbocycles. The lowest BCUT2D eigenvalue weighted by Gasteiger charge is -2.28. The van der Waals surface area contributed by atoms with Gasteiger partial charge >= 0.3 is 0 Å². The van der Waals surface area contributed by atoms with Gasteiger partial charge in [-0.1, -0.05) is 6.92 Å². The lowest BCUT2D eigenvalue weighted by molar-refractivity contribution is 0.408. The standard InChI is InChI=1S/C12H21N3/c1-8(7-13)10-5-4-6-11-12(10)9(2)14-15(11)3/h8,10H,4-7,13H2,1-3H3. The van der Waals surface area contributed by atoms with Crippen molar-refractivity contribution in [2.45, 2.75) is 39.0 Å². The maximum absolute atomic E-state index is 5.79. The molecule has 2 rings (SSSR count). The van der Waals surface area contributed by atoms with Crippen molar-refractivity contribution in [3.63, 3.8) is 0 Å². The van der Waals surface area contributed by atoms with Gasteiger partial charge in [-0.25, -0.2) is 0 Å². The van der Waals surface area contributed by atoms with Gasteiger partial charge in [-0.05, 0) is 50.1 Å². The molecule has 1 aromatic rings. The first-order valence-corrected chi connectivity index (χ1v) is 5.87. The molecule has 0 radical (unpaired) electrons. The first-order valence-electron chi connectivity index (χ1n) is 5.87. The highest BCUT2D eigenvalue weighted by atomic mass is 15.3. The zero-order valence-electron chi connectivity index (χ0n) is 9.95. The van der Waals surface area contributed by atoms with E-state index in [-0.39, 0.29) is 0 Å². The molecular weight excluding hydrogens is 186 g/mol. The van der Waals surface area contributed by atoms with Crippen molar-refractivity contribution in [3.8, 4) is 0 Å². The number of nitrogens with zero attached hydrogens (tertiary/aromatic N) is 2. The maximum atomic E-state index is 5.79. The fourth-order valence-electron chi connectivity index (χ4n) is 2.87. The van der Waals surface area contributed by atoms with Crippen LogP contribution in [0.1, 0.15) is 42.6 Å². The Morgan fingerprint density at radius 3 is 3.00 bits per heavy atom. The van der Waals surface area contributed by atoms with Crippen molar-refractivity contribution in [1.29, 1.82) is 0 Å². The average molecular weight is 207 g/mol. The van der Waals surface area contributed by atoms with Crippen molar-refractivity contribution in [2.75, 3.05) is 6.54 Å². The third-order valence-corrected chi connectivity index (χ3v) is 3.75. The quantitative estimate of drug-likeness (QED) is 0.803. The van der Waals surface area contributed by atoms with Gasteiger partial charge in [0.1, 0.15) is 0 Å². The Balaban J connectivity index is 2.41. The molecule has 1 aliphatic rings. The molecule has 1 heterocycles. The molecule has 0 saturated carbocycles. The van der Waals surface area contributed by atoms with Crippen LogP contribution in [0.3, 0.4) is 0 Å². The molecule has 1 aromatic heterocycles. The van der Waals surface area contributed by atoms with E-state index in [2.05, 4.69) is 30.7 Å². The van der Waals surface area contributed by atoms with Gasteiger partial charge in [0.25, 0.3) is 0 Å². The van der Waals surface area contributed by atoms with E-state index in [1.54, 1.807) is 0 Å². The predicted octanol–water partition coefficient (Wildman–Crippen LogP) is 1.74. The average Bonchev–Trinajstić information content (AvgIpc) is 2.54. The summed E-state index contributed by atoms with van der Waals surface area (Å²) in [6.45, 7) is 5.16. The molecule has 2 N–H and O–H groups in total. The van der Waals surface area contributed by atoms with Crippen LogP contribution in [0.25, 0.3) is 0 Å². The molecule has 3 nitrogen and oxygen atoms in total. The van der Waals surface area contributed by atoms with Crippen molar-refractivity contribution >= 4 is 0 Å². The van der Waals surface area contributed by atoms with E-state index < -0.39 is 0 Å². The number of aryl methyl sites for hydroxylation is 2. The fourth-order valence-corrected chi connectivity index (χ4v) is 2.87. The lowest BCUT2D eigenvalue weighted by Crippen LogP contribution is -2.23. The van der Waals surface area contributed by atoms with Crippen LogP contribution >= 0.6 is 0 Å². The zero-order chi connectivity index (χ0) is 11.0. The van der Waals surface area contributed by atoms with Crippen LogP contribution in [-0.2, 0) is 13.5 Å². The van der Waals surface area contributed by atoms with Gasteiger partial charge in [0.2, 0.25) is 0 Å². The van der Waals surface area contributed by atoms with E-state index in [1.165, 1.54) is 36.2 Å².